The number of hydrazine groups is 1. The number of likely N-dealkylation sites (tertiary alicyclic amines) is 2. The van der Waals surface area contributed by atoms with Crippen molar-refractivity contribution in [3.8, 4) is 34.2 Å². The van der Waals surface area contributed by atoms with Crippen molar-refractivity contribution in [3.05, 3.63) is 77.6 Å². The number of likely N-dealkylation sites (N-methyl/N-ethyl adjacent to an activating group) is 1. The van der Waals surface area contributed by atoms with E-state index in [0.29, 0.717) is 71.5 Å². The average Bonchev–Trinajstić information content (AvgIpc) is 4.06. The van der Waals surface area contributed by atoms with E-state index in [9.17, 15) is 24.0 Å². The predicted octanol–water partition coefficient (Wildman–Crippen LogP) is 5.56. The Morgan fingerprint density at radius 1 is 1.00 bits per heavy atom. The van der Waals surface area contributed by atoms with Gasteiger partial charge in [0.2, 0.25) is 11.8 Å². The van der Waals surface area contributed by atoms with Crippen molar-refractivity contribution in [1.29, 1.82) is 0 Å². The molecule has 388 valence electrons. The van der Waals surface area contributed by atoms with Gasteiger partial charge in [-0.05, 0) is 111 Å². The summed E-state index contributed by atoms with van der Waals surface area (Å²) in [6.07, 6.45) is 4.26. The van der Waals surface area contributed by atoms with Crippen LogP contribution in [0.4, 0.5) is 0 Å². The maximum atomic E-state index is 14.9. The Balaban J connectivity index is 1.03. The van der Waals surface area contributed by atoms with Gasteiger partial charge in [-0.1, -0.05) is 63.9 Å². The lowest BCUT2D eigenvalue weighted by Gasteiger charge is -2.37. The Morgan fingerprint density at radius 3 is 2.56 bits per heavy atom. The van der Waals surface area contributed by atoms with E-state index in [-0.39, 0.29) is 49.5 Å². The molecule has 4 fully saturated rings. The summed E-state index contributed by atoms with van der Waals surface area (Å²) in [5.74, 6) is 3.81. The van der Waals surface area contributed by atoms with E-state index in [2.05, 4.69) is 89.2 Å². The molecular weight excluding hydrogens is 925 g/mol. The van der Waals surface area contributed by atoms with E-state index in [0.717, 1.165) is 56.7 Å². The molecule has 4 aromatic rings. The standard InChI is InChI=1S/C57H72N8O8/c1-9-63-47-19-17-40-31-43(47)44(51(63)42-15-11-23-58-49(42)37(4)71-8)32-56(5,6)35-73-54(69)45-16-12-24-65(60-45)53(68)46(30-38-13-10-14-39(40)29-38)59-52(67)50(36(2)3)64-26-22-57(55(64)70)21-25-62(34-57)48(66)20-18-41-33-72-28-27-61(41)7/h10-11,13-15,17,19,23,29,31,36-37,41,45-46,50,60H,9,12,16,21-22,24-28,30,32-35H2,1-8H3,(H,59,67)/t37-,41-,45-,46-,50-,57+/m0/s1. The third-order valence-electron chi connectivity index (χ3n) is 15.8. The van der Waals surface area contributed by atoms with E-state index in [1.165, 1.54) is 5.01 Å². The molecule has 9 rings (SSSR count). The number of morpholine rings is 1. The SMILES string of the molecule is CCn1c(-c2cccnc2[C@H](C)OC)c2c3cc(ccc31)-c1cccc(c1)C[C@H](NC(=O)[C@H](C(C)C)N1CC[C@@]3(CCN(C(=O)C#C[C@H]4COCCN4C)C3)C1=O)C(=O)N1CCC[C@H](N1)C(=O)OCC(C)(C)C2. The van der Waals surface area contributed by atoms with E-state index < -0.39 is 46.7 Å². The number of aromatic nitrogens is 2. The van der Waals surface area contributed by atoms with Gasteiger partial charge in [-0.15, -0.1) is 0 Å². The highest BCUT2D eigenvalue weighted by atomic mass is 16.5. The second-order valence-electron chi connectivity index (χ2n) is 21.9. The van der Waals surface area contributed by atoms with Gasteiger partial charge in [-0.2, -0.15) is 0 Å². The largest absolute Gasteiger partial charge is 0.464 e. The van der Waals surface area contributed by atoms with Gasteiger partial charge in [0.15, 0.2) is 0 Å². The Hall–Kier alpha value is -6.12. The van der Waals surface area contributed by atoms with Crippen molar-refractivity contribution in [3.63, 3.8) is 0 Å². The molecule has 4 amide bonds. The fourth-order valence-electron chi connectivity index (χ4n) is 11.6. The second-order valence-corrected chi connectivity index (χ2v) is 21.9. The van der Waals surface area contributed by atoms with Crippen LogP contribution >= 0.6 is 0 Å². The molecule has 5 aliphatic rings. The molecule has 1 spiro atoms. The molecule has 2 aromatic heterocycles. The number of pyridine rings is 1. The molecule has 7 heterocycles. The molecule has 0 unspecified atom stereocenters. The van der Waals surface area contributed by atoms with Crippen LogP contribution in [0.5, 0.6) is 0 Å². The number of aryl methyl sites for hydroxylation is 1. The van der Waals surface area contributed by atoms with Crippen molar-refractivity contribution >= 4 is 40.5 Å². The topological polar surface area (TPSA) is 168 Å². The van der Waals surface area contributed by atoms with Gasteiger partial charge in [0.05, 0.1) is 48.8 Å². The number of methoxy groups -OCH3 is 1. The minimum Gasteiger partial charge on any atom is -0.464 e. The number of nitrogens with one attached hydrogen (secondary N) is 2. The fraction of sp³-hybridized carbons (Fsp3) is 0.544. The number of cyclic esters (lactones) is 1. The number of fused-ring (bicyclic) bond motifs is 6. The predicted molar refractivity (Wildman–Crippen MR) is 277 cm³/mol. The summed E-state index contributed by atoms with van der Waals surface area (Å²) in [6, 6.07) is 15.8. The highest BCUT2D eigenvalue weighted by Gasteiger charge is 2.54. The molecule has 2 aromatic carbocycles. The fourth-order valence-corrected chi connectivity index (χ4v) is 11.6. The Bertz CT molecular complexity index is 2830. The van der Waals surface area contributed by atoms with Crippen molar-refractivity contribution in [1.82, 2.24) is 40.0 Å². The van der Waals surface area contributed by atoms with E-state index in [1.807, 2.05) is 46.0 Å². The number of nitrogens with zero attached hydrogens (tertiary/aromatic N) is 6. The van der Waals surface area contributed by atoms with Crippen LogP contribution in [0.15, 0.2) is 60.8 Å². The van der Waals surface area contributed by atoms with Gasteiger partial charge in [0.25, 0.3) is 11.8 Å². The van der Waals surface area contributed by atoms with Crippen LogP contribution in [0.3, 0.4) is 0 Å². The minimum atomic E-state index is -1.05. The zero-order chi connectivity index (χ0) is 51.8. The molecule has 16 nitrogen and oxygen atoms in total. The first kappa shape index (κ1) is 51.8. The summed E-state index contributed by atoms with van der Waals surface area (Å²) in [5, 5.41) is 5.66. The van der Waals surface area contributed by atoms with Crippen molar-refractivity contribution in [2.45, 2.75) is 117 Å². The molecule has 16 heteroatoms. The van der Waals surface area contributed by atoms with Crippen LogP contribution < -0.4 is 10.7 Å². The molecule has 6 bridgehead atoms. The van der Waals surface area contributed by atoms with Crippen LogP contribution in [-0.4, -0.2) is 150 Å². The lowest BCUT2D eigenvalue weighted by molar-refractivity contribution is -0.155. The third kappa shape index (κ3) is 10.5. The first-order valence-electron chi connectivity index (χ1n) is 26.2. The number of hydrogen-bond acceptors (Lipinski definition) is 11. The molecule has 6 atom stereocenters. The van der Waals surface area contributed by atoms with E-state index in [1.54, 1.807) is 23.1 Å². The number of amides is 4. The summed E-state index contributed by atoms with van der Waals surface area (Å²) in [5.41, 5.74) is 9.68. The van der Waals surface area contributed by atoms with Gasteiger partial charge < -0.3 is 33.9 Å². The third-order valence-corrected chi connectivity index (χ3v) is 15.8. The zero-order valence-corrected chi connectivity index (χ0v) is 43.8. The molecule has 4 saturated heterocycles. The number of hydrogen-bond donors (Lipinski definition) is 2. The van der Waals surface area contributed by atoms with Gasteiger partial charge in [0.1, 0.15) is 18.1 Å². The van der Waals surface area contributed by atoms with Crippen LogP contribution in [0, 0.1) is 28.6 Å². The lowest BCUT2D eigenvalue weighted by Crippen LogP contribution is -2.62. The Labute approximate surface area is 429 Å². The van der Waals surface area contributed by atoms with Gasteiger partial charge in [-0.25, -0.2) is 5.43 Å². The summed E-state index contributed by atoms with van der Waals surface area (Å²) < 4.78 is 19.9. The Morgan fingerprint density at radius 2 is 1.79 bits per heavy atom. The highest BCUT2D eigenvalue weighted by Crippen LogP contribution is 2.44. The van der Waals surface area contributed by atoms with E-state index >= 15 is 0 Å². The first-order chi connectivity index (χ1) is 35.0. The minimum absolute atomic E-state index is 0.134. The molecule has 73 heavy (non-hydrogen) atoms. The van der Waals surface area contributed by atoms with Crippen molar-refractivity contribution in [2.75, 3.05) is 66.7 Å². The smallest absolute Gasteiger partial charge is 0.324 e. The van der Waals surface area contributed by atoms with E-state index in [4.69, 9.17) is 19.2 Å². The number of ether oxygens (including phenoxy) is 3. The summed E-state index contributed by atoms with van der Waals surface area (Å²) in [7, 11) is 3.65. The molecule has 0 saturated carbocycles. The van der Waals surface area contributed by atoms with Crippen molar-refractivity contribution in [2.24, 2.45) is 16.7 Å². The monoisotopic (exact) mass is 997 g/mol. The molecule has 0 aliphatic carbocycles. The number of carbonyl (C=O) groups is 5. The summed E-state index contributed by atoms with van der Waals surface area (Å²) in [6.45, 7) is 16.1. The van der Waals surface area contributed by atoms with Gasteiger partial charge in [-0.3, -0.25) is 38.9 Å². The highest BCUT2D eigenvalue weighted by molar-refractivity contribution is 5.98. The number of carbonyl (C=O) groups excluding carboxylic acids is 5. The molecule has 5 aliphatic heterocycles. The lowest BCUT2D eigenvalue weighted by atomic mass is 9.84. The van der Waals surface area contributed by atoms with Gasteiger partial charge >= 0.3 is 5.97 Å². The van der Waals surface area contributed by atoms with Gasteiger partial charge in [0, 0.05) is 80.9 Å². The Kier molecular flexibility index (Phi) is 15.2. The zero-order valence-electron chi connectivity index (χ0n) is 43.8. The average molecular weight is 997 g/mol. The number of benzene rings is 2. The van der Waals surface area contributed by atoms with Crippen LogP contribution in [-0.2, 0) is 57.6 Å². The quantitative estimate of drug-likeness (QED) is 0.168. The molecular formula is C57H72N8O8. The summed E-state index contributed by atoms with van der Waals surface area (Å²) in [4.78, 5) is 82.0. The molecule has 0 radical (unpaired) electrons. The van der Waals surface area contributed by atoms with Crippen LogP contribution in [0.2, 0.25) is 0 Å². The maximum Gasteiger partial charge on any atom is 0.324 e. The van der Waals surface area contributed by atoms with Crippen molar-refractivity contribution < 1.29 is 38.2 Å². The van der Waals surface area contributed by atoms with Crippen LogP contribution in [0.1, 0.15) is 90.2 Å². The number of rotatable bonds is 8. The number of esters is 1. The maximum absolute atomic E-state index is 14.9. The molecule has 2 N–H and O–H groups in total. The van der Waals surface area contributed by atoms with Crippen LogP contribution in [0.25, 0.3) is 33.3 Å². The summed E-state index contributed by atoms with van der Waals surface area (Å²) >= 11 is 0. The second kappa shape index (κ2) is 21.4. The normalized spacial score (nSPS) is 24.6. The first-order valence-corrected chi connectivity index (χ1v) is 26.2.